The first kappa shape index (κ1) is 10.7. The van der Waals surface area contributed by atoms with Gasteiger partial charge in [0.1, 0.15) is 5.75 Å². The summed E-state index contributed by atoms with van der Waals surface area (Å²) < 4.78 is 0. The van der Waals surface area contributed by atoms with Gasteiger partial charge in [-0.25, -0.2) is 0 Å². The third-order valence-electron chi connectivity index (χ3n) is 3.10. The number of hydrogen-bond acceptors (Lipinski definition) is 3. The highest BCUT2D eigenvalue weighted by atomic mass is 16.3. The van der Waals surface area contributed by atoms with Crippen molar-refractivity contribution in [1.82, 2.24) is 4.98 Å². The second-order valence-corrected chi connectivity index (χ2v) is 4.41. The summed E-state index contributed by atoms with van der Waals surface area (Å²) in [6, 6.07) is 8.60. The molecule has 3 N–H and O–H groups in total. The smallest absolute Gasteiger partial charge is 0.290 e. The normalized spacial score (nSPS) is 11.2. The van der Waals surface area contributed by atoms with Crippen molar-refractivity contribution in [2.75, 3.05) is 0 Å². The van der Waals surface area contributed by atoms with Crippen molar-refractivity contribution in [1.29, 1.82) is 0 Å². The van der Waals surface area contributed by atoms with Crippen LogP contribution >= 0.6 is 0 Å². The van der Waals surface area contributed by atoms with E-state index in [2.05, 4.69) is 4.98 Å². The number of pyridine rings is 1. The van der Waals surface area contributed by atoms with E-state index in [1.165, 1.54) is 6.07 Å². The number of phenols is 1. The lowest BCUT2D eigenvalue weighted by Gasteiger charge is -2.05. The molecule has 0 aliphatic rings. The van der Waals surface area contributed by atoms with Crippen molar-refractivity contribution < 1.29 is 10.2 Å². The molecule has 0 saturated carbocycles. The van der Waals surface area contributed by atoms with Crippen LogP contribution in [0, 0.1) is 6.92 Å². The molecule has 3 aromatic rings. The molecule has 0 unspecified atom stereocenters. The zero-order valence-electron chi connectivity index (χ0n) is 9.69. The molecule has 0 aliphatic heterocycles. The molecule has 0 amide bonds. The first-order valence-electron chi connectivity index (χ1n) is 5.54. The van der Waals surface area contributed by atoms with E-state index in [4.69, 9.17) is 0 Å². The summed E-state index contributed by atoms with van der Waals surface area (Å²) in [5.74, 6) is -0.0753. The summed E-state index contributed by atoms with van der Waals surface area (Å²) in [5.41, 5.74) is 0.940. The fourth-order valence-electron chi connectivity index (χ4n) is 2.10. The predicted molar refractivity (Wildman–Crippen MR) is 70.1 cm³/mol. The van der Waals surface area contributed by atoms with E-state index in [0.717, 1.165) is 21.7 Å². The number of aromatic hydroxyl groups is 2. The molecule has 1 heterocycles. The van der Waals surface area contributed by atoms with Gasteiger partial charge in [0.25, 0.3) is 5.56 Å². The summed E-state index contributed by atoms with van der Waals surface area (Å²) in [6.45, 7) is 1.82. The molecule has 0 aliphatic carbocycles. The van der Waals surface area contributed by atoms with Gasteiger partial charge in [0, 0.05) is 10.9 Å². The van der Waals surface area contributed by atoms with Gasteiger partial charge in [-0.3, -0.25) is 4.79 Å². The van der Waals surface area contributed by atoms with Gasteiger partial charge in [0.15, 0.2) is 5.75 Å². The van der Waals surface area contributed by atoms with Gasteiger partial charge in [-0.2, -0.15) is 0 Å². The minimum Gasteiger partial charge on any atom is -0.508 e. The standard InChI is InChI=1S/C14H11NO3/c1-7-2-8-4-11-10(3-9(8)5-12(7)16)6-13(17)14(18)15-11/h2-6,16-17H,1H3,(H,15,18). The molecule has 90 valence electrons. The first-order valence-corrected chi connectivity index (χ1v) is 5.54. The van der Waals surface area contributed by atoms with Crippen molar-refractivity contribution in [3.8, 4) is 11.5 Å². The summed E-state index contributed by atoms with van der Waals surface area (Å²) in [6.07, 6.45) is 0. The number of fused-ring (bicyclic) bond motifs is 2. The average molecular weight is 241 g/mol. The monoisotopic (exact) mass is 241 g/mol. The van der Waals surface area contributed by atoms with Gasteiger partial charge in [0.05, 0.1) is 0 Å². The summed E-state index contributed by atoms with van der Waals surface area (Å²) in [4.78, 5) is 14.0. The molecule has 4 heteroatoms. The SMILES string of the molecule is Cc1cc2cc3[nH]c(=O)c(O)cc3cc2cc1O. The largest absolute Gasteiger partial charge is 0.508 e. The Labute approximate surface area is 102 Å². The lowest BCUT2D eigenvalue weighted by molar-refractivity contribution is 0.468. The van der Waals surface area contributed by atoms with Crippen LogP contribution in [0.4, 0.5) is 0 Å². The van der Waals surface area contributed by atoms with E-state index in [0.29, 0.717) is 5.52 Å². The van der Waals surface area contributed by atoms with Crippen LogP contribution in [0.1, 0.15) is 5.56 Å². The van der Waals surface area contributed by atoms with Crippen LogP contribution in [0.5, 0.6) is 11.5 Å². The lowest BCUT2D eigenvalue weighted by Crippen LogP contribution is -2.04. The molecule has 3 rings (SSSR count). The molecule has 0 radical (unpaired) electrons. The van der Waals surface area contributed by atoms with E-state index >= 15 is 0 Å². The van der Waals surface area contributed by atoms with E-state index in [1.807, 2.05) is 25.1 Å². The third kappa shape index (κ3) is 1.50. The zero-order valence-corrected chi connectivity index (χ0v) is 9.69. The van der Waals surface area contributed by atoms with Crippen LogP contribution in [0.2, 0.25) is 0 Å². The van der Waals surface area contributed by atoms with E-state index < -0.39 is 5.56 Å². The van der Waals surface area contributed by atoms with Gasteiger partial charge >= 0.3 is 0 Å². The zero-order chi connectivity index (χ0) is 12.9. The van der Waals surface area contributed by atoms with E-state index in [-0.39, 0.29) is 11.5 Å². The van der Waals surface area contributed by atoms with Crippen LogP contribution in [0.3, 0.4) is 0 Å². The number of aryl methyl sites for hydroxylation is 1. The summed E-state index contributed by atoms with van der Waals surface area (Å²) in [5, 5.41) is 21.6. The van der Waals surface area contributed by atoms with Gasteiger partial charge in [0.2, 0.25) is 0 Å². The Kier molecular flexibility index (Phi) is 2.07. The highest BCUT2D eigenvalue weighted by molar-refractivity contribution is 5.97. The van der Waals surface area contributed by atoms with Crippen molar-refractivity contribution >= 4 is 21.7 Å². The fraction of sp³-hybridized carbons (Fsp3) is 0.0714. The molecule has 1 aromatic heterocycles. The van der Waals surface area contributed by atoms with E-state index in [9.17, 15) is 15.0 Å². The maximum absolute atomic E-state index is 11.3. The molecule has 18 heavy (non-hydrogen) atoms. The quantitative estimate of drug-likeness (QED) is 0.529. The Morgan fingerprint density at radius 3 is 2.33 bits per heavy atom. The van der Waals surface area contributed by atoms with Gasteiger partial charge in [-0.15, -0.1) is 0 Å². The molecular formula is C14H11NO3. The fourth-order valence-corrected chi connectivity index (χ4v) is 2.10. The molecular weight excluding hydrogens is 230 g/mol. The molecule has 0 bridgehead atoms. The average Bonchev–Trinajstić information content (AvgIpc) is 2.31. The third-order valence-corrected chi connectivity index (χ3v) is 3.10. The van der Waals surface area contributed by atoms with Crippen molar-refractivity contribution in [3.05, 3.63) is 46.2 Å². The number of phenolic OH excluding ortho intramolecular Hbond substituents is 1. The first-order chi connectivity index (χ1) is 8.54. The Hall–Kier alpha value is -2.49. The van der Waals surface area contributed by atoms with Gasteiger partial charge in [-0.1, -0.05) is 0 Å². The molecule has 0 atom stereocenters. The second kappa shape index (κ2) is 3.50. The Morgan fingerprint density at radius 1 is 0.889 bits per heavy atom. The van der Waals surface area contributed by atoms with Gasteiger partial charge in [-0.05, 0) is 53.6 Å². The molecule has 0 fully saturated rings. The van der Waals surface area contributed by atoms with Crippen molar-refractivity contribution in [2.45, 2.75) is 6.92 Å². The van der Waals surface area contributed by atoms with Crippen molar-refractivity contribution in [2.24, 2.45) is 0 Å². The number of aromatic amines is 1. The maximum Gasteiger partial charge on any atom is 0.290 e. The maximum atomic E-state index is 11.3. The van der Waals surface area contributed by atoms with Crippen LogP contribution in [0.15, 0.2) is 35.1 Å². The Bertz CT molecular complexity index is 834. The number of nitrogens with one attached hydrogen (secondary N) is 1. The number of aromatic nitrogens is 1. The highest BCUT2D eigenvalue weighted by Crippen LogP contribution is 2.28. The Morgan fingerprint density at radius 2 is 1.56 bits per heavy atom. The van der Waals surface area contributed by atoms with Crippen LogP contribution < -0.4 is 5.56 Å². The number of hydrogen-bond donors (Lipinski definition) is 3. The van der Waals surface area contributed by atoms with Gasteiger partial charge < -0.3 is 15.2 Å². The summed E-state index contributed by atoms with van der Waals surface area (Å²) >= 11 is 0. The van der Waals surface area contributed by atoms with Crippen LogP contribution in [-0.4, -0.2) is 15.2 Å². The minimum absolute atomic E-state index is 0.232. The molecule has 4 nitrogen and oxygen atoms in total. The van der Waals surface area contributed by atoms with Crippen molar-refractivity contribution in [3.63, 3.8) is 0 Å². The topological polar surface area (TPSA) is 73.3 Å². The molecule has 0 spiro atoms. The molecule has 2 aromatic carbocycles. The van der Waals surface area contributed by atoms with E-state index in [1.54, 1.807) is 6.07 Å². The van der Waals surface area contributed by atoms with Crippen LogP contribution in [-0.2, 0) is 0 Å². The number of rotatable bonds is 0. The predicted octanol–water partition coefficient (Wildman–Crippen LogP) is 2.40. The summed E-state index contributed by atoms with van der Waals surface area (Å²) in [7, 11) is 0. The minimum atomic E-state index is -0.502. The van der Waals surface area contributed by atoms with Crippen LogP contribution in [0.25, 0.3) is 21.7 Å². The number of H-pyrrole nitrogens is 1. The lowest BCUT2D eigenvalue weighted by atomic mass is 10.0. The number of benzene rings is 2. The molecule has 0 saturated heterocycles. The highest BCUT2D eigenvalue weighted by Gasteiger charge is 2.05. The Balaban J connectivity index is 2.47. The second-order valence-electron chi connectivity index (χ2n) is 4.41.